The largest absolute Gasteiger partial charge is 0.365 e. The maximum absolute atomic E-state index is 13.2. The van der Waals surface area contributed by atoms with E-state index in [0.29, 0.717) is 30.9 Å². The summed E-state index contributed by atoms with van der Waals surface area (Å²) >= 11 is 0. The van der Waals surface area contributed by atoms with Crippen LogP contribution in [-0.2, 0) is 16.1 Å². The van der Waals surface area contributed by atoms with Crippen LogP contribution in [0.1, 0.15) is 31.9 Å². The highest BCUT2D eigenvalue weighted by Gasteiger charge is 2.38. The predicted octanol–water partition coefficient (Wildman–Crippen LogP) is 2.43. The van der Waals surface area contributed by atoms with Gasteiger partial charge in [-0.2, -0.15) is 0 Å². The molecule has 0 aromatic carbocycles. The number of carbonyl (C=O) groups excluding carboxylic acids is 1. The van der Waals surface area contributed by atoms with Crippen molar-refractivity contribution in [2.45, 2.75) is 50.9 Å². The van der Waals surface area contributed by atoms with Gasteiger partial charge in [-0.25, -0.2) is 8.78 Å². The third kappa shape index (κ3) is 4.23. The third-order valence-corrected chi connectivity index (χ3v) is 4.24. The van der Waals surface area contributed by atoms with Gasteiger partial charge in [0.1, 0.15) is 6.10 Å². The molecule has 1 aromatic rings. The van der Waals surface area contributed by atoms with Crippen molar-refractivity contribution in [1.29, 1.82) is 0 Å². The Kier molecular flexibility index (Phi) is 4.59. The molecule has 2 aliphatic heterocycles. The second kappa shape index (κ2) is 6.49. The van der Waals surface area contributed by atoms with Gasteiger partial charge in [0.05, 0.1) is 18.3 Å². The van der Waals surface area contributed by atoms with Crippen LogP contribution in [-0.4, -0.2) is 47.0 Å². The number of nitrogens with one attached hydrogen (secondary N) is 1. The van der Waals surface area contributed by atoms with Crippen molar-refractivity contribution >= 4 is 11.6 Å². The monoisotopic (exact) mass is 325 g/mol. The molecule has 7 heteroatoms. The molecule has 1 N–H and O–H groups in total. The summed E-state index contributed by atoms with van der Waals surface area (Å²) < 4.78 is 32.0. The van der Waals surface area contributed by atoms with Gasteiger partial charge in [-0.05, 0) is 31.9 Å². The minimum absolute atomic E-state index is 0.107. The van der Waals surface area contributed by atoms with Crippen molar-refractivity contribution in [2.75, 3.05) is 18.4 Å². The minimum Gasteiger partial charge on any atom is -0.365 e. The quantitative estimate of drug-likeness (QED) is 0.924. The summed E-state index contributed by atoms with van der Waals surface area (Å²) in [6, 6.07) is 3.42. The molecule has 2 fully saturated rings. The van der Waals surface area contributed by atoms with Crippen LogP contribution in [0.2, 0.25) is 0 Å². The Hall–Kier alpha value is -1.60. The lowest BCUT2D eigenvalue weighted by molar-refractivity contribution is -0.126. The summed E-state index contributed by atoms with van der Waals surface area (Å²) in [5.41, 5.74) is 1.29. The number of hydrogen-bond donors (Lipinski definition) is 1. The van der Waals surface area contributed by atoms with E-state index in [4.69, 9.17) is 4.74 Å². The van der Waals surface area contributed by atoms with Gasteiger partial charge < -0.3 is 10.1 Å². The summed E-state index contributed by atoms with van der Waals surface area (Å²) in [5, 5.41) is 2.82. The molecule has 0 bridgehead atoms. The van der Waals surface area contributed by atoms with E-state index in [1.54, 1.807) is 23.2 Å². The number of anilines is 1. The van der Waals surface area contributed by atoms with E-state index >= 15 is 0 Å². The predicted molar refractivity (Wildman–Crippen MR) is 81.3 cm³/mol. The van der Waals surface area contributed by atoms with Crippen LogP contribution >= 0.6 is 0 Å². The molecule has 126 valence electrons. The van der Waals surface area contributed by atoms with Crippen LogP contribution in [0.15, 0.2) is 18.3 Å². The summed E-state index contributed by atoms with van der Waals surface area (Å²) in [7, 11) is 0. The van der Waals surface area contributed by atoms with Crippen molar-refractivity contribution < 1.29 is 18.3 Å². The lowest BCUT2D eigenvalue weighted by atomic mass is 10.2. The van der Waals surface area contributed by atoms with E-state index in [9.17, 15) is 13.6 Å². The molecule has 0 spiro atoms. The molecule has 2 aliphatic rings. The number of rotatable bonds is 4. The third-order valence-electron chi connectivity index (χ3n) is 4.24. The van der Waals surface area contributed by atoms with Gasteiger partial charge >= 0.3 is 0 Å². The van der Waals surface area contributed by atoms with Crippen LogP contribution in [0.3, 0.4) is 0 Å². The average Bonchev–Trinajstić information content (AvgIpc) is 3.05. The van der Waals surface area contributed by atoms with Crippen molar-refractivity contribution in [1.82, 2.24) is 9.88 Å². The zero-order chi connectivity index (χ0) is 16.4. The Morgan fingerprint density at radius 2 is 2.35 bits per heavy atom. The maximum atomic E-state index is 13.2. The van der Waals surface area contributed by atoms with Crippen molar-refractivity contribution in [3.63, 3.8) is 0 Å². The molecule has 3 heterocycles. The molecular formula is C16H21F2N3O2. The second-order valence-electron chi connectivity index (χ2n) is 6.35. The topological polar surface area (TPSA) is 54.5 Å². The highest BCUT2D eigenvalue weighted by molar-refractivity contribution is 5.94. The first-order valence-corrected chi connectivity index (χ1v) is 7.93. The molecule has 5 nitrogen and oxygen atoms in total. The number of likely N-dealkylation sites (tertiary alicyclic amines) is 1. The summed E-state index contributed by atoms with van der Waals surface area (Å²) in [4.78, 5) is 18.0. The Morgan fingerprint density at radius 1 is 1.52 bits per heavy atom. The molecule has 2 saturated heterocycles. The van der Waals surface area contributed by atoms with Gasteiger partial charge in [0.15, 0.2) is 0 Å². The first-order chi connectivity index (χ1) is 10.9. The standard InChI is InChI=1S/C16H21F2N3O2/c1-11-2-3-14(23-11)15(22)20-12-4-6-19-13(8-12)9-21-7-5-16(17,18)10-21/h4,6,8,11,14H,2-3,5,7,9-10H2,1H3,(H,19,20,22). The molecule has 1 amide bonds. The fourth-order valence-corrected chi connectivity index (χ4v) is 3.03. The van der Waals surface area contributed by atoms with Crippen molar-refractivity contribution in [3.05, 3.63) is 24.0 Å². The van der Waals surface area contributed by atoms with Gasteiger partial charge in [0.25, 0.3) is 11.8 Å². The molecule has 0 aliphatic carbocycles. The zero-order valence-electron chi connectivity index (χ0n) is 13.1. The van der Waals surface area contributed by atoms with Gasteiger partial charge in [0.2, 0.25) is 0 Å². The molecule has 0 saturated carbocycles. The van der Waals surface area contributed by atoms with Crippen LogP contribution in [0.4, 0.5) is 14.5 Å². The van der Waals surface area contributed by atoms with E-state index in [1.807, 2.05) is 6.92 Å². The zero-order valence-corrected chi connectivity index (χ0v) is 13.1. The van der Waals surface area contributed by atoms with Gasteiger partial charge in [-0.3, -0.25) is 14.7 Å². The van der Waals surface area contributed by atoms with Crippen molar-refractivity contribution in [2.24, 2.45) is 0 Å². The molecular weight excluding hydrogens is 304 g/mol. The van der Waals surface area contributed by atoms with Gasteiger partial charge in [-0.1, -0.05) is 0 Å². The van der Waals surface area contributed by atoms with Crippen LogP contribution in [0.5, 0.6) is 0 Å². The van der Waals surface area contributed by atoms with E-state index in [2.05, 4.69) is 10.3 Å². The van der Waals surface area contributed by atoms with E-state index < -0.39 is 12.0 Å². The smallest absolute Gasteiger partial charge is 0.261 e. The number of amides is 1. The molecule has 3 rings (SSSR count). The Balaban J connectivity index is 1.58. The first kappa shape index (κ1) is 16.3. The lowest BCUT2D eigenvalue weighted by Gasteiger charge is -2.16. The Bertz CT molecular complexity index is 582. The first-order valence-electron chi connectivity index (χ1n) is 7.93. The molecule has 2 atom stereocenters. The minimum atomic E-state index is -2.61. The van der Waals surface area contributed by atoms with Gasteiger partial charge in [-0.15, -0.1) is 0 Å². The molecule has 1 aromatic heterocycles. The van der Waals surface area contributed by atoms with Crippen molar-refractivity contribution in [3.8, 4) is 0 Å². The number of halogens is 2. The highest BCUT2D eigenvalue weighted by atomic mass is 19.3. The van der Waals surface area contributed by atoms with Crippen LogP contribution < -0.4 is 5.32 Å². The van der Waals surface area contributed by atoms with E-state index in [1.165, 1.54) is 0 Å². The number of alkyl halides is 2. The second-order valence-corrected chi connectivity index (χ2v) is 6.35. The fraction of sp³-hybridized carbons (Fsp3) is 0.625. The summed E-state index contributed by atoms with van der Waals surface area (Å²) in [5.74, 6) is -2.78. The molecule has 23 heavy (non-hydrogen) atoms. The number of pyridine rings is 1. The van der Waals surface area contributed by atoms with E-state index in [0.717, 1.165) is 6.42 Å². The van der Waals surface area contributed by atoms with Gasteiger partial charge in [0, 0.05) is 31.4 Å². The maximum Gasteiger partial charge on any atom is 0.261 e. The van der Waals surface area contributed by atoms with Crippen LogP contribution in [0, 0.1) is 0 Å². The highest BCUT2D eigenvalue weighted by Crippen LogP contribution is 2.28. The summed E-state index contributed by atoms with van der Waals surface area (Å²) in [6.45, 7) is 2.43. The Morgan fingerprint density at radius 3 is 3.00 bits per heavy atom. The summed E-state index contributed by atoms with van der Waals surface area (Å²) in [6.07, 6.45) is 2.75. The number of aromatic nitrogens is 1. The number of ether oxygens (including phenoxy) is 1. The molecule has 0 radical (unpaired) electrons. The SMILES string of the molecule is CC1CCC(C(=O)Nc2ccnc(CN3CCC(F)(F)C3)c2)O1. The molecule has 2 unspecified atom stereocenters. The average molecular weight is 325 g/mol. The normalized spacial score (nSPS) is 27.3. The fourth-order valence-electron chi connectivity index (χ4n) is 3.03. The number of nitrogens with zero attached hydrogens (tertiary/aromatic N) is 2. The van der Waals surface area contributed by atoms with Crippen LogP contribution in [0.25, 0.3) is 0 Å². The number of hydrogen-bond acceptors (Lipinski definition) is 4. The lowest BCUT2D eigenvalue weighted by Crippen LogP contribution is -2.28. The van der Waals surface area contributed by atoms with E-state index in [-0.39, 0.29) is 25.0 Å². The Labute approximate surface area is 134 Å². The number of carbonyl (C=O) groups is 1.